The van der Waals surface area contributed by atoms with Gasteiger partial charge < -0.3 is 15.7 Å². The smallest absolute Gasteiger partial charge is 0.305 e. The Morgan fingerprint density at radius 3 is 2.59 bits per heavy atom. The molecule has 6 nitrogen and oxygen atoms in total. The predicted molar refractivity (Wildman–Crippen MR) is 85.5 cm³/mol. The average molecular weight is 340 g/mol. The Morgan fingerprint density at radius 2 is 2.00 bits per heavy atom. The third-order valence-corrected chi connectivity index (χ3v) is 3.88. The summed E-state index contributed by atoms with van der Waals surface area (Å²) in [6.45, 7) is 0.717. The number of hydrogen-bond acceptors (Lipinski definition) is 5. The van der Waals surface area contributed by atoms with Gasteiger partial charge in [0.05, 0.1) is 13.0 Å². The molecule has 22 heavy (non-hydrogen) atoms. The van der Waals surface area contributed by atoms with Crippen LogP contribution < -0.4 is 10.6 Å². The van der Waals surface area contributed by atoms with Crippen molar-refractivity contribution in [1.82, 2.24) is 10.3 Å². The molecule has 0 bridgehead atoms. The van der Waals surface area contributed by atoms with E-state index in [1.165, 1.54) is 11.3 Å². The van der Waals surface area contributed by atoms with E-state index in [0.717, 1.165) is 10.6 Å². The Kier molecular flexibility index (Phi) is 5.74. The highest BCUT2D eigenvalue weighted by atomic mass is 35.5. The third-order valence-electron chi connectivity index (χ3n) is 2.76. The number of benzene rings is 1. The molecule has 0 unspecified atom stereocenters. The summed E-state index contributed by atoms with van der Waals surface area (Å²) in [5.41, 5.74) is 1.35. The fraction of sp³-hybridized carbons (Fsp3) is 0.214. The van der Waals surface area contributed by atoms with Crippen molar-refractivity contribution < 1.29 is 14.7 Å². The molecule has 0 radical (unpaired) electrons. The summed E-state index contributed by atoms with van der Waals surface area (Å²) >= 11 is 7.16. The molecule has 0 saturated heterocycles. The standard InChI is InChI=1S/C14H14ClN3O3S/c15-14-18-8-11(22-14)7-17-10-3-1-9(2-4-10)13(21)16-6-5-12(19)20/h1-4,8,17H,5-7H2,(H,16,21)(H,19,20). The first-order valence-corrected chi connectivity index (χ1v) is 7.68. The number of nitrogens with zero attached hydrogens (tertiary/aromatic N) is 1. The molecule has 0 aliphatic heterocycles. The van der Waals surface area contributed by atoms with E-state index >= 15 is 0 Å². The van der Waals surface area contributed by atoms with Gasteiger partial charge in [-0.25, -0.2) is 4.98 Å². The number of rotatable bonds is 7. The van der Waals surface area contributed by atoms with Gasteiger partial charge in [-0.05, 0) is 24.3 Å². The van der Waals surface area contributed by atoms with Crippen LogP contribution in [-0.4, -0.2) is 28.5 Å². The van der Waals surface area contributed by atoms with Crippen molar-refractivity contribution in [2.45, 2.75) is 13.0 Å². The minimum Gasteiger partial charge on any atom is -0.481 e. The van der Waals surface area contributed by atoms with Crippen LogP contribution in [-0.2, 0) is 11.3 Å². The highest BCUT2D eigenvalue weighted by molar-refractivity contribution is 7.15. The number of aromatic nitrogens is 1. The van der Waals surface area contributed by atoms with E-state index in [0.29, 0.717) is 16.6 Å². The van der Waals surface area contributed by atoms with E-state index in [-0.39, 0.29) is 18.9 Å². The van der Waals surface area contributed by atoms with Crippen molar-refractivity contribution in [3.05, 3.63) is 45.4 Å². The quantitative estimate of drug-likeness (QED) is 0.721. The summed E-state index contributed by atoms with van der Waals surface area (Å²) < 4.78 is 0.505. The van der Waals surface area contributed by atoms with Gasteiger partial charge in [0.1, 0.15) is 0 Å². The number of aliphatic carboxylic acids is 1. The molecular formula is C14H14ClN3O3S. The first kappa shape index (κ1) is 16.3. The number of halogens is 1. The molecule has 116 valence electrons. The second kappa shape index (κ2) is 7.77. The van der Waals surface area contributed by atoms with E-state index in [2.05, 4.69) is 15.6 Å². The Labute approximate surface area is 136 Å². The molecule has 0 aliphatic rings. The van der Waals surface area contributed by atoms with Crippen molar-refractivity contribution in [3.63, 3.8) is 0 Å². The summed E-state index contributed by atoms with van der Waals surface area (Å²) in [5.74, 6) is -1.23. The molecule has 2 aromatic rings. The largest absolute Gasteiger partial charge is 0.481 e. The molecule has 0 atom stereocenters. The fourth-order valence-electron chi connectivity index (χ4n) is 1.68. The number of amides is 1. The lowest BCUT2D eigenvalue weighted by Crippen LogP contribution is -2.25. The number of hydrogen-bond donors (Lipinski definition) is 3. The second-order valence-corrected chi connectivity index (χ2v) is 6.11. The van der Waals surface area contributed by atoms with E-state index in [4.69, 9.17) is 16.7 Å². The van der Waals surface area contributed by atoms with Crippen molar-refractivity contribution in [2.24, 2.45) is 0 Å². The summed E-state index contributed by atoms with van der Waals surface area (Å²) in [5, 5.41) is 14.3. The number of nitrogens with one attached hydrogen (secondary N) is 2. The fourth-order valence-corrected chi connectivity index (χ4v) is 2.60. The van der Waals surface area contributed by atoms with Crippen LogP contribution in [0.5, 0.6) is 0 Å². The zero-order valence-corrected chi connectivity index (χ0v) is 13.1. The first-order valence-electron chi connectivity index (χ1n) is 6.49. The Morgan fingerprint density at radius 1 is 1.27 bits per heavy atom. The molecule has 0 saturated carbocycles. The molecule has 1 amide bonds. The summed E-state index contributed by atoms with van der Waals surface area (Å²) in [7, 11) is 0. The SMILES string of the molecule is O=C(O)CCNC(=O)c1ccc(NCc2cnc(Cl)s2)cc1. The van der Waals surface area contributed by atoms with Gasteiger partial charge in [0, 0.05) is 28.9 Å². The molecule has 1 aromatic carbocycles. The summed E-state index contributed by atoms with van der Waals surface area (Å²) in [4.78, 5) is 27.1. The molecular weight excluding hydrogens is 326 g/mol. The zero-order chi connectivity index (χ0) is 15.9. The molecule has 1 aromatic heterocycles. The summed E-state index contributed by atoms with van der Waals surface area (Å²) in [6.07, 6.45) is 1.62. The van der Waals surface area contributed by atoms with Gasteiger partial charge in [-0.1, -0.05) is 11.6 Å². The van der Waals surface area contributed by atoms with Crippen LogP contribution in [0.15, 0.2) is 30.5 Å². The van der Waals surface area contributed by atoms with Crippen molar-refractivity contribution >= 4 is 40.5 Å². The highest BCUT2D eigenvalue weighted by Gasteiger charge is 2.06. The number of carboxylic acid groups (broad SMARTS) is 1. The Hall–Kier alpha value is -2.12. The lowest BCUT2D eigenvalue weighted by Gasteiger charge is -2.07. The zero-order valence-electron chi connectivity index (χ0n) is 11.5. The normalized spacial score (nSPS) is 10.2. The summed E-state index contributed by atoms with van der Waals surface area (Å²) in [6, 6.07) is 6.93. The monoisotopic (exact) mass is 339 g/mol. The van der Waals surface area contributed by atoms with Crippen LogP contribution in [0, 0.1) is 0 Å². The topological polar surface area (TPSA) is 91.3 Å². The number of anilines is 1. The van der Waals surface area contributed by atoms with E-state index in [1.54, 1.807) is 30.5 Å². The van der Waals surface area contributed by atoms with Crippen molar-refractivity contribution in [2.75, 3.05) is 11.9 Å². The van der Waals surface area contributed by atoms with Crippen LogP contribution in [0.1, 0.15) is 21.7 Å². The van der Waals surface area contributed by atoms with Crippen molar-refractivity contribution in [3.8, 4) is 0 Å². The van der Waals surface area contributed by atoms with Crippen LogP contribution in [0.3, 0.4) is 0 Å². The maximum Gasteiger partial charge on any atom is 0.305 e. The molecule has 0 fully saturated rings. The maximum absolute atomic E-state index is 11.8. The average Bonchev–Trinajstić information content (AvgIpc) is 2.91. The van der Waals surface area contributed by atoms with E-state index in [9.17, 15) is 9.59 Å². The molecule has 0 aliphatic carbocycles. The number of carbonyl (C=O) groups excluding carboxylic acids is 1. The first-order chi connectivity index (χ1) is 10.5. The molecule has 2 rings (SSSR count). The molecule has 0 spiro atoms. The van der Waals surface area contributed by atoms with E-state index in [1.807, 2.05) is 0 Å². The van der Waals surface area contributed by atoms with Crippen LogP contribution in [0.2, 0.25) is 4.47 Å². The maximum atomic E-state index is 11.8. The predicted octanol–water partition coefficient (Wildman–Crippen LogP) is 2.61. The van der Waals surface area contributed by atoms with Gasteiger partial charge in [-0.15, -0.1) is 11.3 Å². The number of carboxylic acids is 1. The van der Waals surface area contributed by atoms with Gasteiger partial charge in [0.2, 0.25) is 0 Å². The van der Waals surface area contributed by atoms with E-state index < -0.39 is 5.97 Å². The van der Waals surface area contributed by atoms with Crippen molar-refractivity contribution in [1.29, 1.82) is 0 Å². The van der Waals surface area contributed by atoms with Crippen LogP contribution >= 0.6 is 22.9 Å². The lowest BCUT2D eigenvalue weighted by molar-refractivity contribution is -0.136. The van der Waals surface area contributed by atoms with Gasteiger partial charge in [0.25, 0.3) is 5.91 Å². The minimum atomic E-state index is -0.942. The van der Waals surface area contributed by atoms with Gasteiger partial charge >= 0.3 is 5.97 Å². The highest BCUT2D eigenvalue weighted by Crippen LogP contribution is 2.19. The third kappa shape index (κ3) is 5.01. The number of thiazole rings is 1. The van der Waals surface area contributed by atoms with Crippen LogP contribution in [0.4, 0.5) is 5.69 Å². The van der Waals surface area contributed by atoms with Gasteiger partial charge in [0.15, 0.2) is 4.47 Å². The van der Waals surface area contributed by atoms with Gasteiger partial charge in [-0.2, -0.15) is 0 Å². The second-order valence-electron chi connectivity index (χ2n) is 4.41. The number of carbonyl (C=O) groups is 2. The minimum absolute atomic E-state index is 0.0945. The molecule has 3 N–H and O–H groups in total. The Balaban J connectivity index is 1.84. The molecule has 8 heteroatoms. The van der Waals surface area contributed by atoms with Crippen LogP contribution in [0.25, 0.3) is 0 Å². The molecule has 1 heterocycles. The van der Waals surface area contributed by atoms with Gasteiger partial charge in [-0.3, -0.25) is 9.59 Å². The lowest BCUT2D eigenvalue weighted by atomic mass is 10.2. The Bertz CT molecular complexity index is 658.